The van der Waals surface area contributed by atoms with Crippen molar-refractivity contribution in [3.63, 3.8) is 0 Å². The number of nitrogens with one attached hydrogen (secondary N) is 2. The highest BCUT2D eigenvalue weighted by Crippen LogP contribution is 2.25. The molecule has 2 N–H and O–H groups in total. The van der Waals surface area contributed by atoms with Crippen LogP contribution < -0.4 is 10.0 Å². The molecule has 0 heterocycles. The van der Waals surface area contributed by atoms with Gasteiger partial charge in [-0.05, 0) is 67.3 Å². The van der Waals surface area contributed by atoms with Crippen molar-refractivity contribution in [1.29, 1.82) is 0 Å². The van der Waals surface area contributed by atoms with E-state index in [1.165, 1.54) is 0 Å². The van der Waals surface area contributed by atoms with E-state index in [2.05, 4.69) is 10.0 Å². The second-order valence-electron chi connectivity index (χ2n) is 7.48. The van der Waals surface area contributed by atoms with E-state index in [-0.39, 0.29) is 12.5 Å². The minimum absolute atomic E-state index is 0.0588. The van der Waals surface area contributed by atoms with Crippen LogP contribution in [0.1, 0.15) is 44.8 Å². The summed E-state index contributed by atoms with van der Waals surface area (Å²) in [7, 11) is -3.60. The number of carbonyl (C=O) groups is 1. The predicted octanol–water partition coefficient (Wildman–Crippen LogP) is 5.39. The minimum atomic E-state index is -3.60. The molecule has 3 aromatic rings. The first-order chi connectivity index (χ1) is 14.7. The molecular formula is C24H25ClN2O3S. The van der Waals surface area contributed by atoms with Gasteiger partial charge in [0, 0.05) is 22.8 Å². The lowest BCUT2D eigenvalue weighted by molar-refractivity contribution is 0.102. The van der Waals surface area contributed by atoms with Crippen molar-refractivity contribution in [2.24, 2.45) is 0 Å². The van der Waals surface area contributed by atoms with Crippen LogP contribution in [0.25, 0.3) is 0 Å². The molecule has 0 spiro atoms. The van der Waals surface area contributed by atoms with E-state index in [1.54, 1.807) is 49.4 Å². The third-order valence-corrected chi connectivity index (χ3v) is 7.38. The van der Waals surface area contributed by atoms with E-state index in [1.807, 2.05) is 38.1 Å². The number of halogens is 1. The molecule has 0 aliphatic rings. The van der Waals surface area contributed by atoms with E-state index >= 15 is 0 Å². The molecule has 1 amide bonds. The molecular weight excluding hydrogens is 432 g/mol. The maximum absolute atomic E-state index is 12.8. The lowest BCUT2D eigenvalue weighted by Crippen LogP contribution is -2.27. The van der Waals surface area contributed by atoms with Crippen molar-refractivity contribution >= 4 is 33.2 Å². The van der Waals surface area contributed by atoms with Crippen LogP contribution in [0.3, 0.4) is 0 Å². The van der Waals surface area contributed by atoms with E-state index in [0.29, 0.717) is 21.8 Å². The summed E-state index contributed by atoms with van der Waals surface area (Å²) in [6.45, 7) is 5.67. The van der Waals surface area contributed by atoms with Gasteiger partial charge in [-0.2, -0.15) is 0 Å². The lowest BCUT2D eigenvalue weighted by Gasteiger charge is -2.16. The van der Waals surface area contributed by atoms with Gasteiger partial charge in [-0.15, -0.1) is 0 Å². The molecule has 3 aromatic carbocycles. The minimum Gasteiger partial charge on any atom is -0.322 e. The molecule has 31 heavy (non-hydrogen) atoms. The van der Waals surface area contributed by atoms with E-state index in [9.17, 15) is 13.2 Å². The number of anilines is 1. The zero-order valence-electron chi connectivity index (χ0n) is 17.6. The number of hydrogen-bond donors (Lipinski definition) is 2. The fraction of sp³-hybridized carbons (Fsp3) is 0.208. The Morgan fingerprint density at radius 2 is 1.68 bits per heavy atom. The molecule has 7 heteroatoms. The third-order valence-electron chi connectivity index (χ3n) is 5.28. The summed E-state index contributed by atoms with van der Waals surface area (Å²) in [5, 5.41) is 2.45. The quantitative estimate of drug-likeness (QED) is 0.500. The maximum Gasteiger partial charge on any atom is 0.255 e. The number of sulfonamides is 1. The Balaban J connectivity index is 1.67. The van der Waals surface area contributed by atoms with Crippen molar-refractivity contribution in [2.45, 2.75) is 32.6 Å². The van der Waals surface area contributed by atoms with Crippen molar-refractivity contribution in [3.05, 3.63) is 99.6 Å². The van der Waals surface area contributed by atoms with E-state index in [0.717, 1.165) is 16.7 Å². The highest BCUT2D eigenvalue weighted by Gasteiger charge is 2.23. The van der Waals surface area contributed by atoms with Gasteiger partial charge in [0.1, 0.15) is 0 Å². The van der Waals surface area contributed by atoms with Gasteiger partial charge in [0.25, 0.3) is 5.91 Å². The van der Waals surface area contributed by atoms with Crippen molar-refractivity contribution < 1.29 is 13.2 Å². The second kappa shape index (κ2) is 9.64. The van der Waals surface area contributed by atoms with Crippen LogP contribution in [0.15, 0.2) is 66.7 Å². The van der Waals surface area contributed by atoms with Gasteiger partial charge in [0.15, 0.2) is 0 Å². The van der Waals surface area contributed by atoms with Gasteiger partial charge in [-0.3, -0.25) is 4.79 Å². The third kappa shape index (κ3) is 5.73. The summed E-state index contributed by atoms with van der Waals surface area (Å²) in [5.74, 6) is -0.243. The fourth-order valence-corrected chi connectivity index (χ4v) is 4.42. The van der Waals surface area contributed by atoms with Crippen LogP contribution in [0.5, 0.6) is 0 Å². The average molecular weight is 457 g/mol. The summed E-state index contributed by atoms with van der Waals surface area (Å²) < 4.78 is 28.2. The molecule has 0 radical (unpaired) electrons. The molecule has 0 saturated carbocycles. The normalized spacial score (nSPS) is 12.4. The smallest absolute Gasteiger partial charge is 0.255 e. The van der Waals surface area contributed by atoms with Gasteiger partial charge in [0.05, 0.1) is 5.25 Å². The van der Waals surface area contributed by atoms with Gasteiger partial charge in [-0.25, -0.2) is 13.1 Å². The van der Waals surface area contributed by atoms with E-state index in [4.69, 9.17) is 11.6 Å². The fourth-order valence-electron chi connectivity index (χ4n) is 3.06. The lowest BCUT2D eigenvalue weighted by atomic mass is 10.0. The Morgan fingerprint density at radius 3 is 2.32 bits per heavy atom. The van der Waals surface area contributed by atoms with Crippen molar-refractivity contribution in [2.75, 3.05) is 5.32 Å². The number of aryl methyl sites for hydroxylation is 2. The number of benzene rings is 3. The number of hydrogen-bond acceptors (Lipinski definition) is 3. The summed E-state index contributed by atoms with van der Waals surface area (Å²) >= 11 is 6.34. The number of rotatable bonds is 7. The topological polar surface area (TPSA) is 75.3 Å². The molecule has 0 aliphatic carbocycles. The molecule has 1 atom stereocenters. The van der Waals surface area contributed by atoms with Crippen LogP contribution in [-0.4, -0.2) is 14.3 Å². The Morgan fingerprint density at radius 1 is 0.968 bits per heavy atom. The number of carbonyl (C=O) groups excluding carboxylic acids is 1. The first kappa shape index (κ1) is 23.0. The maximum atomic E-state index is 12.8. The van der Waals surface area contributed by atoms with E-state index < -0.39 is 15.3 Å². The standard InChI is InChI=1S/C24H25ClN2O3S/c1-16-9-10-20(13-17(16)2)18(3)31(29,30)26-15-21-11-12-22(14-23(21)25)27-24(28)19-7-5-4-6-8-19/h4-14,18,26H,15H2,1-3H3,(H,27,28). The van der Waals surface area contributed by atoms with Gasteiger partial charge in [0.2, 0.25) is 10.0 Å². The van der Waals surface area contributed by atoms with Gasteiger partial charge >= 0.3 is 0 Å². The highest BCUT2D eigenvalue weighted by atomic mass is 35.5. The van der Waals surface area contributed by atoms with Crippen LogP contribution in [0.4, 0.5) is 5.69 Å². The number of amides is 1. The van der Waals surface area contributed by atoms with Gasteiger partial charge < -0.3 is 5.32 Å². The molecule has 5 nitrogen and oxygen atoms in total. The van der Waals surface area contributed by atoms with Crippen LogP contribution in [0.2, 0.25) is 5.02 Å². The first-order valence-corrected chi connectivity index (χ1v) is 11.8. The Hall–Kier alpha value is -2.67. The summed E-state index contributed by atoms with van der Waals surface area (Å²) in [5.41, 5.74) is 4.60. The molecule has 0 aromatic heterocycles. The molecule has 1 unspecified atom stereocenters. The van der Waals surface area contributed by atoms with Crippen LogP contribution in [-0.2, 0) is 16.6 Å². The monoisotopic (exact) mass is 456 g/mol. The Labute approximate surface area is 188 Å². The van der Waals surface area contributed by atoms with Crippen LogP contribution in [0, 0.1) is 13.8 Å². The molecule has 0 aliphatic heterocycles. The summed E-state index contributed by atoms with van der Waals surface area (Å²) in [6, 6.07) is 19.5. The molecule has 0 bridgehead atoms. The van der Waals surface area contributed by atoms with Gasteiger partial charge in [-0.1, -0.05) is 54.1 Å². The zero-order chi connectivity index (χ0) is 22.6. The van der Waals surface area contributed by atoms with Crippen molar-refractivity contribution in [3.8, 4) is 0 Å². The largest absolute Gasteiger partial charge is 0.322 e. The first-order valence-electron chi connectivity index (χ1n) is 9.88. The Kier molecular flexibility index (Phi) is 7.15. The molecule has 3 rings (SSSR count). The Bertz CT molecular complexity index is 1190. The molecule has 0 saturated heterocycles. The molecule has 0 fully saturated rings. The average Bonchev–Trinajstić information content (AvgIpc) is 2.75. The predicted molar refractivity (Wildman–Crippen MR) is 126 cm³/mol. The highest BCUT2D eigenvalue weighted by molar-refractivity contribution is 7.89. The van der Waals surface area contributed by atoms with Crippen molar-refractivity contribution in [1.82, 2.24) is 4.72 Å². The second-order valence-corrected chi connectivity index (χ2v) is 9.97. The van der Waals surface area contributed by atoms with Crippen LogP contribution >= 0.6 is 11.6 Å². The SMILES string of the molecule is Cc1ccc(C(C)S(=O)(=O)NCc2ccc(NC(=O)c3ccccc3)cc2Cl)cc1C. The summed E-state index contributed by atoms with van der Waals surface area (Å²) in [6.07, 6.45) is 0. The molecule has 162 valence electrons. The summed E-state index contributed by atoms with van der Waals surface area (Å²) in [4.78, 5) is 12.3. The zero-order valence-corrected chi connectivity index (χ0v) is 19.2.